The molecule has 4 rings (SSSR count). The summed E-state index contributed by atoms with van der Waals surface area (Å²) in [7, 11) is 3.28. The summed E-state index contributed by atoms with van der Waals surface area (Å²) in [6.07, 6.45) is 2.09. The van der Waals surface area contributed by atoms with Crippen molar-refractivity contribution in [1.82, 2.24) is 9.55 Å². The molecular weight excluding hydrogens is 356 g/mol. The molecule has 0 saturated carbocycles. The summed E-state index contributed by atoms with van der Waals surface area (Å²) in [5.74, 6) is 2.47. The zero-order valence-electron chi connectivity index (χ0n) is 12.9. The molecule has 118 valence electrons. The number of hydrogen-bond donors (Lipinski definition) is 0. The van der Waals surface area contributed by atoms with E-state index >= 15 is 0 Å². The van der Waals surface area contributed by atoms with Crippen molar-refractivity contribution >= 4 is 17.0 Å². The maximum absolute atomic E-state index is 5.37. The molecule has 0 N–H and O–H groups in total. The minimum atomic E-state index is 0. The average molecular weight is 373 g/mol. The number of halogens is 1. The van der Waals surface area contributed by atoms with Crippen molar-refractivity contribution in [3.63, 3.8) is 0 Å². The van der Waals surface area contributed by atoms with Gasteiger partial charge in [0.25, 0.3) is 0 Å². The van der Waals surface area contributed by atoms with E-state index in [0.29, 0.717) is 5.75 Å². The van der Waals surface area contributed by atoms with Gasteiger partial charge < -0.3 is 14.0 Å². The molecule has 0 bridgehead atoms. The number of hydrogen-bond acceptors (Lipinski definition) is 3. The molecule has 0 aliphatic carbocycles. The first-order valence-electron chi connectivity index (χ1n) is 7.18. The van der Waals surface area contributed by atoms with E-state index in [2.05, 4.69) is 35.0 Å². The molecule has 1 aliphatic rings. The number of aromatic nitrogens is 2. The Bertz CT molecular complexity index is 858. The van der Waals surface area contributed by atoms with Gasteiger partial charge in [-0.25, -0.2) is 4.98 Å². The van der Waals surface area contributed by atoms with Crippen molar-refractivity contribution in [2.24, 2.45) is 0 Å². The van der Waals surface area contributed by atoms with Gasteiger partial charge in [-0.1, -0.05) is 24.3 Å². The van der Waals surface area contributed by atoms with E-state index < -0.39 is 0 Å². The molecule has 1 aromatic heterocycles. The van der Waals surface area contributed by atoms with Crippen LogP contribution >= 0.6 is 17.0 Å². The van der Waals surface area contributed by atoms with Crippen LogP contribution in [0.5, 0.6) is 11.5 Å². The van der Waals surface area contributed by atoms with Crippen molar-refractivity contribution in [1.29, 1.82) is 0 Å². The lowest BCUT2D eigenvalue weighted by Crippen LogP contribution is -1.91. The van der Waals surface area contributed by atoms with Crippen LogP contribution in [0.4, 0.5) is 0 Å². The molecule has 0 radical (unpaired) electrons. The second-order valence-electron chi connectivity index (χ2n) is 5.30. The number of ether oxygens (including phenoxy) is 2. The molecular formula is C18H17BrN2O2. The lowest BCUT2D eigenvalue weighted by atomic mass is 10.1. The average Bonchev–Trinajstić information content (AvgIpc) is 3.12. The fourth-order valence-corrected chi connectivity index (χ4v) is 2.95. The van der Waals surface area contributed by atoms with E-state index in [9.17, 15) is 0 Å². The molecule has 1 aliphatic heterocycles. The van der Waals surface area contributed by atoms with Crippen LogP contribution in [0.2, 0.25) is 0 Å². The van der Waals surface area contributed by atoms with Crippen molar-refractivity contribution < 1.29 is 9.47 Å². The molecule has 2 heterocycles. The Balaban J connectivity index is 0.00000156. The Hall–Kier alpha value is -2.27. The third-order valence-corrected chi connectivity index (χ3v) is 4.05. The maximum atomic E-state index is 5.37. The third kappa shape index (κ3) is 2.51. The fraction of sp³-hybridized carbons (Fsp3) is 0.167. The summed E-state index contributed by atoms with van der Waals surface area (Å²) in [5, 5.41) is 0. The monoisotopic (exact) mass is 372 g/mol. The summed E-state index contributed by atoms with van der Waals surface area (Å²) in [5.41, 5.74) is 4.51. The van der Waals surface area contributed by atoms with Crippen molar-refractivity contribution in [3.8, 4) is 34.1 Å². The van der Waals surface area contributed by atoms with Gasteiger partial charge in [0.15, 0.2) is 11.5 Å². The van der Waals surface area contributed by atoms with Gasteiger partial charge in [-0.3, -0.25) is 0 Å². The van der Waals surface area contributed by atoms with E-state index in [1.165, 1.54) is 11.1 Å². The van der Waals surface area contributed by atoms with Gasteiger partial charge in [-0.15, -0.1) is 17.0 Å². The van der Waals surface area contributed by atoms with Crippen molar-refractivity contribution in [2.45, 2.75) is 6.54 Å². The molecule has 0 atom stereocenters. The highest BCUT2D eigenvalue weighted by Gasteiger charge is 2.21. The van der Waals surface area contributed by atoms with Gasteiger partial charge in [0.05, 0.1) is 19.9 Å². The van der Waals surface area contributed by atoms with E-state index in [0.717, 1.165) is 29.4 Å². The van der Waals surface area contributed by atoms with Crippen LogP contribution in [0.25, 0.3) is 22.6 Å². The van der Waals surface area contributed by atoms with Gasteiger partial charge >= 0.3 is 0 Å². The Morgan fingerprint density at radius 2 is 1.78 bits per heavy atom. The zero-order chi connectivity index (χ0) is 15.1. The number of rotatable bonds is 3. The summed E-state index contributed by atoms with van der Waals surface area (Å²) in [4.78, 5) is 4.80. The maximum Gasteiger partial charge on any atom is 0.161 e. The van der Waals surface area contributed by atoms with Gasteiger partial charge in [0, 0.05) is 23.9 Å². The Morgan fingerprint density at radius 3 is 2.57 bits per heavy atom. The Labute approximate surface area is 145 Å². The summed E-state index contributed by atoms with van der Waals surface area (Å²) in [6.45, 7) is 0.881. The quantitative estimate of drug-likeness (QED) is 0.541. The first-order valence-corrected chi connectivity index (χ1v) is 7.18. The summed E-state index contributed by atoms with van der Waals surface area (Å²) >= 11 is 0. The van der Waals surface area contributed by atoms with Gasteiger partial charge in [-0.05, 0) is 23.8 Å². The predicted molar refractivity (Wildman–Crippen MR) is 95.6 cm³/mol. The molecule has 0 fully saturated rings. The number of fused-ring (bicyclic) bond motifs is 3. The molecule has 23 heavy (non-hydrogen) atoms. The van der Waals surface area contributed by atoms with Crippen LogP contribution in [0.1, 0.15) is 5.56 Å². The minimum absolute atomic E-state index is 0. The van der Waals surface area contributed by atoms with Crippen LogP contribution in [-0.4, -0.2) is 23.8 Å². The van der Waals surface area contributed by atoms with Gasteiger partial charge in [0.2, 0.25) is 0 Å². The molecule has 4 nitrogen and oxygen atoms in total. The molecule has 0 unspecified atom stereocenters. The SMILES string of the molecule is Br.COc1ccc(-c2cn3c(n2)-c2ccccc2C3)cc1OC. The molecule has 0 spiro atoms. The van der Waals surface area contributed by atoms with E-state index in [4.69, 9.17) is 14.5 Å². The van der Waals surface area contributed by atoms with Gasteiger partial charge in [-0.2, -0.15) is 0 Å². The van der Waals surface area contributed by atoms with Crippen molar-refractivity contribution in [3.05, 3.63) is 54.2 Å². The highest BCUT2D eigenvalue weighted by atomic mass is 79.9. The standard InChI is InChI=1S/C18H16N2O2.BrH/c1-21-16-8-7-12(9-17(16)22-2)15-11-20-10-13-5-3-4-6-14(13)18(20)19-15;/h3-9,11H,10H2,1-2H3;1H. The normalized spacial score (nSPS) is 11.4. The highest BCUT2D eigenvalue weighted by Crippen LogP contribution is 2.36. The lowest BCUT2D eigenvalue weighted by molar-refractivity contribution is 0.355. The van der Waals surface area contributed by atoms with Crippen LogP contribution in [0.3, 0.4) is 0 Å². The zero-order valence-corrected chi connectivity index (χ0v) is 14.7. The largest absolute Gasteiger partial charge is 0.493 e. The van der Waals surface area contributed by atoms with E-state index in [-0.39, 0.29) is 17.0 Å². The number of imidazole rings is 1. The van der Waals surface area contributed by atoms with Gasteiger partial charge in [0.1, 0.15) is 5.82 Å². The van der Waals surface area contributed by atoms with Crippen LogP contribution in [0.15, 0.2) is 48.7 Å². The number of benzene rings is 2. The third-order valence-electron chi connectivity index (χ3n) is 4.05. The Kier molecular flexibility index (Phi) is 4.13. The summed E-state index contributed by atoms with van der Waals surface area (Å²) in [6, 6.07) is 14.3. The van der Waals surface area contributed by atoms with Crippen LogP contribution in [0, 0.1) is 0 Å². The lowest BCUT2D eigenvalue weighted by Gasteiger charge is -2.08. The molecule has 5 heteroatoms. The summed E-state index contributed by atoms with van der Waals surface area (Å²) < 4.78 is 12.8. The predicted octanol–water partition coefficient (Wildman–Crippen LogP) is 4.17. The molecule has 2 aromatic carbocycles. The topological polar surface area (TPSA) is 36.3 Å². The first-order chi connectivity index (χ1) is 10.8. The smallest absolute Gasteiger partial charge is 0.161 e. The van der Waals surface area contributed by atoms with Crippen molar-refractivity contribution in [2.75, 3.05) is 14.2 Å². The molecule has 0 saturated heterocycles. The number of methoxy groups -OCH3 is 2. The first kappa shape index (κ1) is 15.6. The second-order valence-corrected chi connectivity index (χ2v) is 5.30. The molecule has 0 amide bonds. The number of nitrogens with zero attached hydrogens (tertiary/aromatic N) is 2. The minimum Gasteiger partial charge on any atom is -0.493 e. The molecule has 3 aromatic rings. The van der Waals surface area contributed by atoms with E-state index in [1.54, 1.807) is 14.2 Å². The second kappa shape index (κ2) is 6.08. The Morgan fingerprint density at radius 1 is 1.00 bits per heavy atom. The highest BCUT2D eigenvalue weighted by molar-refractivity contribution is 8.93. The van der Waals surface area contributed by atoms with E-state index in [1.807, 2.05) is 18.2 Å². The van der Waals surface area contributed by atoms with Crippen LogP contribution < -0.4 is 9.47 Å². The van der Waals surface area contributed by atoms with Crippen LogP contribution in [-0.2, 0) is 6.54 Å². The fourth-order valence-electron chi connectivity index (χ4n) is 2.95.